The van der Waals surface area contributed by atoms with Gasteiger partial charge >= 0.3 is 17.8 Å². The van der Waals surface area contributed by atoms with Crippen molar-refractivity contribution in [1.29, 1.82) is 0 Å². The molecule has 1 heterocycles. The van der Waals surface area contributed by atoms with Crippen LogP contribution in [0.1, 0.15) is 19.8 Å². The Morgan fingerprint density at radius 1 is 1.35 bits per heavy atom. The molecule has 1 N–H and O–H groups in total. The first-order valence-electron chi connectivity index (χ1n) is 7.54. The van der Waals surface area contributed by atoms with Gasteiger partial charge in [-0.2, -0.15) is 0 Å². The predicted octanol–water partition coefficient (Wildman–Crippen LogP) is 2.08. The Labute approximate surface area is 139 Å². The van der Waals surface area contributed by atoms with Crippen molar-refractivity contribution in [2.24, 2.45) is 5.92 Å². The largest absolute Gasteiger partial charge is 0.466 e. The molecule has 1 fully saturated rings. The van der Waals surface area contributed by atoms with Crippen LogP contribution < -0.4 is 5.32 Å². The Kier molecular flexibility index (Phi) is 5.98. The predicted molar refractivity (Wildman–Crippen MR) is 86.0 cm³/mol. The first kappa shape index (κ1) is 17.3. The fourth-order valence-corrected chi connectivity index (χ4v) is 2.68. The van der Waals surface area contributed by atoms with Crippen LogP contribution in [0.25, 0.3) is 0 Å². The highest BCUT2D eigenvalue weighted by molar-refractivity contribution is 6.41. The molecule has 1 unspecified atom stereocenters. The van der Waals surface area contributed by atoms with Gasteiger partial charge < -0.3 is 15.0 Å². The molecule has 0 aliphatic carbocycles. The molecule has 23 heavy (non-hydrogen) atoms. The van der Waals surface area contributed by atoms with Gasteiger partial charge in [-0.25, -0.2) is 0 Å². The third kappa shape index (κ3) is 4.45. The number of likely N-dealkylation sites (tertiary alicyclic amines) is 1. The minimum absolute atomic E-state index is 0.202. The van der Waals surface area contributed by atoms with E-state index in [-0.39, 0.29) is 18.4 Å². The second-order valence-electron chi connectivity index (χ2n) is 5.28. The number of halogens is 1. The smallest absolute Gasteiger partial charge is 0.313 e. The van der Waals surface area contributed by atoms with E-state index in [1.165, 1.54) is 4.90 Å². The minimum atomic E-state index is -0.761. The molecule has 1 aromatic carbocycles. The number of nitrogens with zero attached hydrogens (tertiary/aromatic N) is 1. The second kappa shape index (κ2) is 7.97. The number of anilines is 1. The number of esters is 1. The first-order chi connectivity index (χ1) is 11.0. The van der Waals surface area contributed by atoms with Gasteiger partial charge in [0.1, 0.15) is 0 Å². The van der Waals surface area contributed by atoms with E-state index >= 15 is 0 Å². The zero-order valence-electron chi connectivity index (χ0n) is 12.9. The molecule has 1 saturated heterocycles. The molecule has 6 nitrogen and oxygen atoms in total. The third-order valence-electron chi connectivity index (χ3n) is 3.64. The molecule has 1 aliphatic rings. The summed E-state index contributed by atoms with van der Waals surface area (Å²) in [7, 11) is 0. The van der Waals surface area contributed by atoms with E-state index in [2.05, 4.69) is 5.32 Å². The number of carbonyl (C=O) groups excluding carboxylic acids is 3. The number of rotatable bonds is 3. The number of hydrogen-bond donors (Lipinski definition) is 1. The fourth-order valence-electron chi connectivity index (χ4n) is 2.50. The van der Waals surface area contributed by atoms with Crippen molar-refractivity contribution in [3.05, 3.63) is 29.3 Å². The van der Waals surface area contributed by atoms with Crippen LogP contribution >= 0.6 is 11.6 Å². The third-order valence-corrected chi connectivity index (χ3v) is 3.97. The molecule has 0 radical (unpaired) electrons. The van der Waals surface area contributed by atoms with E-state index in [0.29, 0.717) is 36.7 Å². The van der Waals surface area contributed by atoms with Crippen molar-refractivity contribution in [3.8, 4) is 0 Å². The van der Waals surface area contributed by atoms with Crippen molar-refractivity contribution < 1.29 is 19.1 Å². The van der Waals surface area contributed by atoms with Gasteiger partial charge in [0.15, 0.2) is 0 Å². The lowest BCUT2D eigenvalue weighted by Gasteiger charge is -2.31. The molecule has 1 aliphatic heterocycles. The van der Waals surface area contributed by atoms with E-state index in [1.807, 2.05) is 0 Å². The topological polar surface area (TPSA) is 75.7 Å². The maximum Gasteiger partial charge on any atom is 0.313 e. The van der Waals surface area contributed by atoms with Crippen molar-refractivity contribution in [2.45, 2.75) is 19.8 Å². The number of amides is 2. The van der Waals surface area contributed by atoms with Gasteiger partial charge in [-0.05, 0) is 31.9 Å². The molecule has 124 valence electrons. The van der Waals surface area contributed by atoms with Crippen LogP contribution in [0.5, 0.6) is 0 Å². The molecule has 1 aromatic rings. The van der Waals surface area contributed by atoms with E-state index in [9.17, 15) is 14.4 Å². The first-order valence-corrected chi connectivity index (χ1v) is 7.92. The summed E-state index contributed by atoms with van der Waals surface area (Å²) >= 11 is 5.96. The fraction of sp³-hybridized carbons (Fsp3) is 0.438. The Balaban J connectivity index is 1.97. The quantitative estimate of drug-likeness (QED) is 0.676. The second-order valence-corrected chi connectivity index (χ2v) is 5.68. The average molecular weight is 339 g/mol. The lowest BCUT2D eigenvalue weighted by atomic mass is 9.98. The maximum atomic E-state index is 12.3. The monoisotopic (exact) mass is 338 g/mol. The molecular weight excluding hydrogens is 320 g/mol. The number of piperidine rings is 1. The van der Waals surface area contributed by atoms with E-state index in [0.717, 1.165) is 0 Å². The van der Waals surface area contributed by atoms with Crippen molar-refractivity contribution in [3.63, 3.8) is 0 Å². The number of benzene rings is 1. The summed E-state index contributed by atoms with van der Waals surface area (Å²) < 4.78 is 4.99. The van der Waals surface area contributed by atoms with Crippen molar-refractivity contribution in [1.82, 2.24) is 4.90 Å². The number of para-hydroxylation sites is 1. The molecule has 7 heteroatoms. The maximum absolute atomic E-state index is 12.3. The highest BCUT2D eigenvalue weighted by atomic mass is 35.5. The van der Waals surface area contributed by atoms with E-state index < -0.39 is 11.8 Å². The Bertz CT molecular complexity index is 605. The summed E-state index contributed by atoms with van der Waals surface area (Å²) in [4.78, 5) is 37.5. The summed E-state index contributed by atoms with van der Waals surface area (Å²) in [5.41, 5.74) is 0.381. The molecule has 0 saturated carbocycles. The lowest BCUT2D eigenvalue weighted by molar-refractivity contribution is -0.153. The molecule has 1 atom stereocenters. The van der Waals surface area contributed by atoms with Crippen LogP contribution in [-0.2, 0) is 19.1 Å². The van der Waals surface area contributed by atoms with Crippen LogP contribution in [0, 0.1) is 5.92 Å². The van der Waals surface area contributed by atoms with Gasteiger partial charge in [0.2, 0.25) is 0 Å². The van der Waals surface area contributed by atoms with Crippen LogP contribution in [0.3, 0.4) is 0 Å². The van der Waals surface area contributed by atoms with Crippen LogP contribution in [0.2, 0.25) is 5.02 Å². The number of ether oxygens (including phenoxy) is 1. The highest BCUT2D eigenvalue weighted by Crippen LogP contribution is 2.21. The summed E-state index contributed by atoms with van der Waals surface area (Å²) in [6, 6.07) is 6.68. The summed E-state index contributed by atoms with van der Waals surface area (Å²) in [6.45, 7) is 2.69. The SMILES string of the molecule is CCOC(=O)C1CCCN(C(=O)C(=O)Nc2ccccc2Cl)C1. The molecule has 0 aromatic heterocycles. The van der Waals surface area contributed by atoms with Gasteiger partial charge in [-0.1, -0.05) is 23.7 Å². The molecular formula is C16H19ClN2O4. The summed E-state index contributed by atoms with van der Waals surface area (Å²) in [5.74, 6) is -2.13. The minimum Gasteiger partial charge on any atom is -0.466 e. The van der Waals surface area contributed by atoms with Gasteiger partial charge in [0.25, 0.3) is 0 Å². The van der Waals surface area contributed by atoms with Gasteiger partial charge in [-0.3, -0.25) is 14.4 Å². The summed E-state index contributed by atoms with van der Waals surface area (Å²) in [6.07, 6.45) is 1.32. The number of hydrogen-bond acceptors (Lipinski definition) is 4. The highest BCUT2D eigenvalue weighted by Gasteiger charge is 2.32. The van der Waals surface area contributed by atoms with Gasteiger partial charge in [0.05, 0.1) is 23.2 Å². The van der Waals surface area contributed by atoms with Gasteiger partial charge in [-0.15, -0.1) is 0 Å². The van der Waals surface area contributed by atoms with Crippen molar-refractivity contribution >= 4 is 35.1 Å². The zero-order chi connectivity index (χ0) is 16.8. The van der Waals surface area contributed by atoms with Crippen LogP contribution in [0.15, 0.2) is 24.3 Å². The van der Waals surface area contributed by atoms with E-state index in [4.69, 9.17) is 16.3 Å². The zero-order valence-corrected chi connectivity index (χ0v) is 13.6. The number of carbonyl (C=O) groups is 3. The average Bonchev–Trinajstić information content (AvgIpc) is 2.56. The van der Waals surface area contributed by atoms with Crippen LogP contribution in [0.4, 0.5) is 5.69 Å². The molecule has 2 rings (SSSR count). The Morgan fingerprint density at radius 3 is 2.78 bits per heavy atom. The molecule has 2 amide bonds. The summed E-state index contributed by atoms with van der Waals surface area (Å²) in [5, 5.41) is 2.86. The molecule has 0 bridgehead atoms. The van der Waals surface area contributed by atoms with E-state index in [1.54, 1.807) is 31.2 Å². The Morgan fingerprint density at radius 2 is 2.09 bits per heavy atom. The number of nitrogens with one attached hydrogen (secondary N) is 1. The normalized spacial score (nSPS) is 17.5. The Hall–Kier alpha value is -2.08. The van der Waals surface area contributed by atoms with Gasteiger partial charge in [0, 0.05) is 13.1 Å². The van der Waals surface area contributed by atoms with Crippen molar-refractivity contribution in [2.75, 3.05) is 25.0 Å². The lowest BCUT2D eigenvalue weighted by Crippen LogP contribution is -2.47. The standard InChI is InChI=1S/C16H19ClN2O4/c1-2-23-16(22)11-6-5-9-19(10-11)15(21)14(20)18-13-8-4-3-7-12(13)17/h3-4,7-8,11H,2,5-6,9-10H2,1H3,(H,18,20). The molecule has 0 spiro atoms. The van der Waals surface area contributed by atoms with Crippen LogP contribution in [-0.4, -0.2) is 42.4 Å².